The molecular formula is C16H18N2O5. The minimum Gasteiger partial charge on any atom is -0.496 e. The number of aryl methyl sites for hydroxylation is 1. The highest BCUT2D eigenvalue weighted by Gasteiger charge is 2.15. The molecule has 23 heavy (non-hydrogen) atoms. The maximum atomic E-state index is 11.4. The van der Waals surface area contributed by atoms with E-state index in [0.717, 1.165) is 5.56 Å². The van der Waals surface area contributed by atoms with Crippen LogP contribution in [0.1, 0.15) is 23.6 Å². The average Bonchev–Trinajstić information content (AvgIpc) is 2.53. The molecule has 0 spiro atoms. The molecule has 0 atom stereocenters. The van der Waals surface area contributed by atoms with Gasteiger partial charge in [-0.1, -0.05) is 23.4 Å². The van der Waals surface area contributed by atoms with E-state index < -0.39 is 11.4 Å². The Balaban J connectivity index is 2.21. The van der Waals surface area contributed by atoms with Gasteiger partial charge in [-0.25, -0.2) is 0 Å². The lowest BCUT2D eigenvalue weighted by Gasteiger charge is -2.10. The molecule has 0 saturated heterocycles. The number of para-hydroxylation sites is 1. The van der Waals surface area contributed by atoms with Crippen LogP contribution in [0.4, 0.5) is 0 Å². The smallest absolute Gasteiger partial charge is 0.286 e. The lowest BCUT2D eigenvalue weighted by atomic mass is 10.1. The summed E-state index contributed by atoms with van der Waals surface area (Å²) in [7, 11) is 1.57. The molecule has 1 heterocycles. The number of benzene rings is 1. The van der Waals surface area contributed by atoms with Crippen molar-refractivity contribution in [3.8, 4) is 11.6 Å². The molecule has 2 aromatic rings. The number of oxime groups is 1. The van der Waals surface area contributed by atoms with E-state index in [1.54, 1.807) is 21.0 Å². The third kappa shape index (κ3) is 3.45. The molecule has 1 aromatic heterocycles. The number of ether oxygens (including phenoxy) is 1. The number of aromatic nitrogens is 1. The molecule has 7 heteroatoms. The van der Waals surface area contributed by atoms with E-state index in [1.165, 1.54) is 6.07 Å². The minimum atomic E-state index is -0.716. The van der Waals surface area contributed by atoms with E-state index in [9.17, 15) is 15.1 Å². The van der Waals surface area contributed by atoms with Crippen LogP contribution in [0.3, 0.4) is 0 Å². The SMILES string of the molecule is COc1ccccc1CON=C(C)c1c(C)cc(=O)n(O)c1O. The van der Waals surface area contributed by atoms with Crippen LogP contribution in [0.15, 0.2) is 40.3 Å². The summed E-state index contributed by atoms with van der Waals surface area (Å²) < 4.78 is 5.38. The van der Waals surface area contributed by atoms with Gasteiger partial charge in [0.2, 0.25) is 5.88 Å². The van der Waals surface area contributed by atoms with Crippen LogP contribution in [0.5, 0.6) is 11.6 Å². The summed E-state index contributed by atoms with van der Waals surface area (Å²) >= 11 is 0. The van der Waals surface area contributed by atoms with Gasteiger partial charge in [0.1, 0.15) is 12.4 Å². The molecule has 2 rings (SSSR count). The largest absolute Gasteiger partial charge is 0.496 e. The first-order valence-corrected chi connectivity index (χ1v) is 6.89. The zero-order chi connectivity index (χ0) is 17.0. The molecule has 0 aliphatic carbocycles. The predicted molar refractivity (Wildman–Crippen MR) is 84.3 cm³/mol. The van der Waals surface area contributed by atoms with Crippen molar-refractivity contribution in [1.29, 1.82) is 0 Å². The molecule has 0 fully saturated rings. The third-order valence-corrected chi connectivity index (χ3v) is 3.34. The lowest BCUT2D eigenvalue weighted by Crippen LogP contribution is -2.20. The fourth-order valence-electron chi connectivity index (χ4n) is 2.22. The summed E-state index contributed by atoms with van der Waals surface area (Å²) in [6.45, 7) is 3.42. The molecule has 7 nitrogen and oxygen atoms in total. The number of nitrogens with zero attached hydrogens (tertiary/aromatic N) is 2. The van der Waals surface area contributed by atoms with E-state index in [4.69, 9.17) is 9.57 Å². The van der Waals surface area contributed by atoms with Gasteiger partial charge in [0, 0.05) is 11.6 Å². The summed E-state index contributed by atoms with van der Waals surface area (Å²) in [4.78, 5) is 16.7. The van der Waals surface area contributed by atoms with Gasteiger partial charge in [0.25, 0.3) is 5.56 Å². The Labute approximate surface area is 133 Å². The topological polar surface area (TPSA) is 93.3 Å². The second-order valence-electron chi connectivity index (χ2n) is 4.94. The predicted octanol–water partition coefficient (Wildman–Crippen LogP) is 2.05. The number of aromatic hydroxyl groups is 1. The normalized spacial score (nSPS) is 11.3. The molecule has 2 N–H and O–H groups in total. The maximum Gasteiger partial charge on any atom is 0.286 e. The fraction of sp³-hybridized carbons (Fsp3) is 0.250. The monoisotopic (exact) mass is 318 g/mol. The Morgan fingerprint density at radius 2 is 2.04 bits per heavy atom. The maximum absolute atomic E-state index is 11.4. The van der Waals surface area contributed by atoms with E-state index in [2.05, 4.69) is 5.16 Å². The van der Waals surface area contributed by atoms with Gasteiger partial charge in [0.05, 0.1) is 18.4 Å². The third-order valence-electron chi connectivity index (χ3n) is 3.34. The molecule has 0 amide bonds. The molecular weight excluding hydrogens is 300 g/mol. The number of hydrogen-bond acceptors (Lipinski definition) is 6. The van der Waals surface area contributed by atoms with Gasteiger partial charge in [-0.05, 0) is 25.5 Å². The van der Waals surface area contributed by atoms with E-state index in [-0.39, 0.29) is 16.9 Å². The van der Waals surface area contributed by atoms with Gasteiger partial charge in [-0.3, -0.25) is 4.79 Å². The van der Waals surface area contributed by atoms with Crippen molar-refractivity contribution in [2.75, 3.05) is 7.11 Å². The zero-order valence-corrected chi connectivity index (χ0v) is 13.1. The summed E-state index contributed by atoms with van der Waals surface area (Å²) in [6, 6.07) is 8.57. The highest BCUT2D eigenvalue weighted by atomic mass is 16.6. The van der Waals surface area contributed by atoms with Crippen molar-refractivity contribution in [2.24, 2.45) is 5.16 Å². The van der Waals surface area contributed by atoms with Gasteiger partial charge in [-0.2, -0.15) is 0 Å². The second-order valence-corrected chi connectivity index (χ2v) is 4.94. The molecule has 0 radical (unpaired) electrons. The quantitative estimate of drug-likeness (QED) is 0.500. The van der Waals surface area contributed by atoms with Crippen molar-refractivity contribution in [3.63, 3.8) is 0 Å². The van der Waals surface area contributed by atoms with E-state index in [0.29, 0.717) is 17.0 Å². The van der Waals surface area contributed by atoms with Crippen molar-refractivity contribution >= 4 is 5.71 Å². The van der Waals surface area contributed by atoms with Crippen molar-refractivity contribution in [2.45, 2.75) is 20.5 Å². The lowest BCUT2D eigenvalue weighted by molar-refractivity contribution is 0.127. The van der Waals surface area contributed by atoms with E-state index >= 15 is 0 Å². The number of methoxy groups -OCH3 is 1. The van der Waals surface area contributed by atoms with Gasteiger partial charge in [0.15, 0.2) is 0 Å². The van der Waals surface area contributed by atoms with Crippen LogP contribution >= 0.6 is 0 Å². The molecule has 0 unspecified atom stereocenters. The van der Waals surface area contributed by atoms with Crippen molar-refractivity contribution in [3.05, 3.63) is 57.4 Å². The summed E-state index contributed by atoms with van der Waals surface area (Å²) in [5.74, 6) is 0.112. The van der Waals surface area contributed by atoms with E-state index in [1.807, 2.05) is 24.3 Å². The Morgan fingerprint density at radius 1 is 1.35 bits per heavy atom. The second kappa shape index (κ2) is 6.87. The van der Waals surface area contributed by atoms with Gasteiger partial charge < -0.3 is 19.9 Å². The van der Waals surface area contributed by atoms with Gasteiger partial charge in [-0.15, -0.1) is 4.73 Å². The summed E-state index contributed by atoms with van der Waals surface area (Å²) in [6.07, 6.45) is 0. The highest BCUT2D eigenvalue weighted by molar-refractivity contribution is 6.01. The fourth-order valence-corrected chi connectivity index (χ4v) is 2.22. The van der Waals surface area contributed by atoms with Crippen LogP contribution in [0.2, 0.25) is 0 Å². The average molecular weight is 318 g/mol. The van der Waals surface area contributed by atoms with Crippen molar-refractivity contribution in [1.82, 2.24) is 4.73 Å². The summed E-state index contributed by atoms with van der Waals surface area (Å²) in [5, 5.41) is 23.3. The van der Waals surface area contributed by atoms with Crippen LogP contribution in [-0.2, 0) is 11.4 Å². The molecule has 1 aromatic carbocycles. The first-order chi connectivity index (χ1) is 11.0. The Kier molecular flexibility index (Phi) is 4.90. The highest BCUT2D eigenvalue weighted by Crippen LogP contribution is 2.20. The molecule has 0 aliphatic rings. The Hall–Kier alpha value is -2.96. The molecule has 122 valence electrons. The van der Waals surface area contributed by atoms with Crippen LogP contribution in [0, 0.1) is 6.92 Å². The first kappa shape index (κ1) is 16.4. The number of pyridine rings is 1. The summed E-state index contributed by atoms with van der Waals surface area (Å²) in [5.41, 5.74) is 1.16. The van der Waals surface area contributed by atoms with Crippen LogP contribution in [-0.4, -0.2) is 27.9 Å². The minimum absolute atomic E-state index is 0.168. The number of hydrogen-bond donors (Lipinski definition) is 2. The first-order valence-electron chi connectivity index (χ1n) is 6.89. The number of rotatable bonds is 5. The Morgan fingerprint density at radius 3 is 2.74 bits per heavy atom. The van der Waals surface area contributed by atoms with Crippen LogP contribution in [0.25, 0.3) is 0 Å². The Bertz CT molecular complexity index is 796. The van der Waals surface area contributed by atoms with Gasteiger partial charge >= 0.3 is 0 Å². The zero-order valence-electron chi connectivity index (χ0n) is 13.1. The van der Waals surface area contributed by atoms with Crippen molar-refractivity contribution < 1.29 is 19.9 Å². The molecule has 0 bridgehead atoms. The van der Waals surface area contributed by atoms with Crippen LogP contribution < -0.4 is 10.3 Å². The molecule has 0 aliphatic heterocycles. The standard InChI is InChI=1S/C16H18N2O5/c1-10-8-14(19)18(21)16(20)15(10)11(2)17-23-9-12-6-4-5-7-13(12)22-3/h4-8,20-21H,9H2,1-3H3. The molecule has 0 saturated carbocycles.